The second-order valence-electron chi connectivity index (χ2n) is 10.2. The lowest BCUT2D eigenvalue weighted by molar-refractivity contribution is -0.133. The van der Waals surface area contributed by atoms with E-state index < -0.39 is 0 Å². The third-order valence-electron chi connectivity index (χ3n) is 7.73. The monoisotopic (exact) mass is 421 g/mol. The van der Waals surface area contributed by atoms with Gasteiger partial charge in [0, 0.05) is 31.1 Å². The summed E-state index contributed by atoms with van der Waals surface area (Å²) in [7, 11) is 0. The summed E-state index contributed by atoms with van der Waals surface area (Å²) in [5, 5.41) is 0. The summed E-state index contributed by atoms with van der Waals surface area (Å²) in [6.07, 6.45) is 12.8. The fourth-order valence-electron chi connectivity index (χ4n) is 6.92. The number of rotatable bonds is 5. The molecule has 5 fully saturated rings. The van der Waals surface area contributed by atoms with E-state index in [1.165, 1.54) is 44.6 Å². The quantitative estimate of drug-likeness (QED) is 0.563. The number of anilines is 1. The lowest BCUT2D eigenvalue weighted by atomic mass is 9.49. The lowest BCUT2D eigenvalue weighted by Crippen LogP contribution is -2.49. The molecule has 0 spiro atoms. The molecule has 31 heavy (non-hydrogen) atoms. The number of amides is 3. The molecule has 164 valence electrons. The fraction of sp³-hybridized carbons (Fsp3) is 0.560. The zero-order valence-corrected chi connectivity index (χ0v) is 17.9. The average Bonchev–Trinajstić information content (AvgIpc) is 3.15. The molecule has 2 N–H and O–H groups in total. The summed E-state index contributed by atoms with van der Waals surface area (Å²) < 4.78 is 0. The Hall–Kier alpha value is -2.63. The van der Waals surface area contributed by atoms with Gasteiger partial charge in [-0.25, -0.2) is 0 Å². The van der Waals surface area contributed by atoms with Gasteiger partial charge in [-0.15, -0.1) is 0 Å². The zero-order valence-electron chi connectivity index (χ0n) is 17.9. The van der Waals surface area contributed by atoms with Crippen molar-refractivity contribution in [2.75, 3.05) is 11.4 Å². The van der Waals surface area contributed by atoms with E-state index in [0.29, 0.717) is 12.8 Å². The van der Waals surface area contributed by atoms with E-state index in [9.17, 15) is 14.4 Å². The van der Waals surface area contributed by atoms with Gasteiger partial charge >= 0.3 is 0 Å². The van der Waals surface area contributed by atoms with Crippen molar-refractivity contribution in [3.05, 3.63) is 35.9 Å². The highest BCUT2D eigenvalue weighted by Gasteiger charge is 2.51. The van der Waals surface area contributed by atoms with Crippen LogP contribution in [0.1, 0.15) is 63.4 Å². The Kier molecular flexibility index (Phi) is 5.32. The predicted molar refractivity (Wildman–Crippen MR) is 119 cm³/mol. The number of nitrogens with one attached hydrogen (secondary N) is 2. The Morgan fingerprint density at radius 2 is 1.65 bits per heavy atom. The summed E-state index contributed by atoms with van der Waals surface area (Å²) in [4.78, 5) is 38.3. The molecule has 0 unspecified atom stereocenters. The van der Waals surface area contributed by atoms with Crippen LogP contribution >= 0.6 is 0 Å². The van der Waals surface area contributed by atoms with Crippen molar-refractivity contribution >= 4 is 29.5 Å². The van der Waals surface area contributed by atoms with Gasteiger partial charge in [0.2, 0.25) is 11.8 Å². The van der Waals surface area contributed by atoms with Gasteiger partial charge in [-0.05, 0) is 91.9 Å². The molecular weight excluding hydrogens is 390 g/mol. The topological polar surface area (TPSA) is 78.5 Å². The van der Waals surface area contributed by atoms with E-state index in [1.54, 1.807) is 11.0 Å². The number of hydrogen-bond acceptors (Lipinski definition) is 3. The number of carbonyl (C=O) groups excluding carboxylic acids is 3. The fourth-order valence-corrected chi connectivity index (χ4v) is 6.92. The molecule has 4 aliphatic carbocycles. The van der Waals surface area contributed by atoms with E-state index >= 15 is 0 Å². The Balaban J connectivity index is 1.10. The number of nitrogens with zero attached hydrogens (tertiary/aromatic N) is 1. The highest BCUT2D eigenvalue weighted by molar-refractivity contribution is 5.96. The Bertz CT molecular complexity index is 870. The van der Waals surface area contributed by atoms with Gasteiger partial charge in [0.15, 0.2) is 0 Å². The molecule has 6 nitrogen and oxygen atoms in total. The maximum Gasteiger partial charge on any atom is 0.262 e. The van der Waals surface area contributed by atoms with Crippen molar-refractivity contribution in [1.82, 2.24) is 10.9 Å². The third kappa shape index (κ3) is 4.39. The van der Waals surface area contributed by atoms with Crippen molar-refractivity contribution in [2.45, 2.75) is 57.8 Å². The van der Waals surface area contributed by atoms with Gasteiger partial charge in [-0.1, -0.05) is 12.1 Å². The van der Waals surface area contributed by atoms with Crippen LogP contribution < -0.4 is 15.8 Å². The van der Waals surface area contributed by atoms with Crippen LogP contribution in [-0.4, -0.2) is 24.3 Å². The van der Waals surface area contributed by atoms with Crippen LogP contribution in [0.25, 0.3) is 6.08 Å². The van der Waals surface area contributed by atoms with Gasteiger partial charge in [0.1, 0.15) is 0 Å². The van der Waals surface area contributed by atoms with Crippen molar-refractivity contribution in [3.63, 3.8) is 0 Å². The van der Waals surface area contributed by atoms with Crippen LogP contribution in [0, 0.1) is 23.2 Å². The molecule has 1 aromatic carbocycles. The van der Waals surface area contributed by atoms with Crippen LogP contribution in [0.5, 0.6) is 0 Å². The summed E-state index contributed by atoms with van der Waals surface area (Å²) in [6.45, 7) is 0.763. The predicted octanol–water partition coefficient (Wildman–Crippen LogP) is 3.58. The van der Waals surface area contributed by atoms with E-state index in [2.05, 4.69) is 10.9 Å². The SMILES string of the molecule is O=C(/C=C/c1ccc(N2CCCC2=O)cc1)NNC(=O)CC12CC3CC(CC(C3)C1)C2. The molecule has 4 saturated carbocycles. The number of carbonyl (C=O) groups is 3. The molecule has 6 heteroatoms. The lowest BCUT2D eigenvalue weighted by Gasteiger charge is -2.56. The van der Waals surface area contributed by atoms with Gasteiger partial charge < -0.3 is 4.90 Å². The highest BCUT2D eigenvalue weighted by atomic mass is 16.2. The van der Waals surface area contributed by atoms with E-state index in [1.807, 2.05) is 24.3 Å². The maximum atomic E-state index is 12.5. The molecule has 6 rings (SSSR count). The van der Waals surface area contributed by atoms with Crippen molar-refractivity contribution in [1.29, 1.82) is 0 Å². The Labute approximate surface area is 183 Å². The average molecular weight is 422 g/mol. The molecule has 5 aliphatic rings. The molecule has 4 bridgehead atoms. The third-order valence-corrected chi connectivity index (χ3v) is 7.73. The normalized spacial score (nSPS) is 31.4. The molecular formula is C25H31N3O3. The van der Waals surface area contributed by atoms with Crippen LogP contribution in [0.2, 0.25) is 0 Å². The van der Waals surface area contributed by atoms with E-state index in [-0.39, 0.29) is 23.1 Å². The second kappa shape index (κ2) is 8.13. The Morgan fingerprint density at radius 1 is 1.00 bits per heavy atom. The molecule has 0 radical (unpaired) electrons. The van der Waals surface area contributed by atoms with Crippen LogP contribution in [-0.2, 0) is 14.4 Å². The maximum absolute atomic E-state index is 12.5. The molecule has 1 aromatic rings. The standard InChI is InChI=1S/C25H31N3O3/c29-22(8-5-17-3-6-21(7-4-17)28-9-1-2-24(28)31)26-27-23(30)16-25-13-18-10-19(14-25)12-20(11-18)15-25/h3-8,18-20H,1-2,9-16H2,(H,26,29)(H,27,30)/b8-5+. The van der Waals surface area contributed by atoms with Gasteiger partial charge in [0.25, 0.3) is 5.91 Å². The van der Waals surface area contributed by atoms with E-state index in [4.69, 9.17) is 0 Å². The molecule has 0 aromatic heterocycles. The molecule has 1 saturated heterocycles. The minimum absolute atomic E-state index is 0.0802. The van der Waals surface area contributed by atoms with Gasteiger partial charge in [-0.3, -0.25) is 25.2 Å². The van der Waals surface area contributed by atoms with Crippen LogP contribution in [0.4, 0.5) is 5.69 Å². The zero-order chi connectivity index (χ0) is 21.4. The smallest absolute Gasteiger partial charge is 0.262 e. The van der Waals surface area contributed by atoms with E-state index in [0.717, 1.165) is 42.0 Å². The van der Waals surface area contributed by atoms with Gasteiger partial charge in [0.05, 0.1) is 0 Å². The van der Waals surface area contributed by atoms with Gasteiger partial charge in [-0.2, -0.15) is 0 Å². The first-order valence-corrected chi connectivity index (χ1v) is 11.7. The minimum Gasteiger partial charge on any atom is -0.312 e. The summed E-state index contributed by atoms with van der Waals surface area (Å²) in [5.41, 5.74) is 7.05. The number of hydrazine groups is 1. The van der Waals surface area contributed by atoms with Crippen molar-refractivity contribution in [2.24, 2.45) is 23.2 Å². The first-order chi connectivity index (χ1) is 15.0. The summed E-state index contributed by atoms with van der Waals surface area (Å²) in [6, 6.07) is 7.56. The second-order valence-corrected chi connectivity index (χ2v) is 10.2. The van der Waals surface area contributed by atoms with Crippen molar-refractivity contribution in [3.8, 4) is 0 Å². The minimum atomic E-state index is -0.349. The molecule has 1 heterocycles. The molecule has 1 aliphatic heterocycles. The molecule has 0 atom stereocenters. The number of benzene rings is 1. The summed E-state index contributed by atoms with van der Waals surface area (Å²) >= 11 is 0. The summed E-state index contributed by atoms with van der Waals surface area (Å²) in [5.74, 6) is 2.16. The molecule has 3 amide bonds. The van der Waals surface area contributed by atoms with Crippen LogP contribution in [0.15, 0.2) is 30.3 Å². The van der Waals surface area contributed by atoms with Crippen molar-refractivity contribution < 1.29 is 14.4 Å². The first kappa shape index (κ1) is 20.3. The van der Waals surface area contributed by atoms with Crippen LogP contribution in [0.3, 0.4) is 0 Å². The number of hydrogen-bond donors (Lipinski definition) is 2. The first-order valence-electron chi connectivity index (χ1n) is 11.7. The Morgan fingerprint density at radius 3 is 2.23 bits per heavy atom. The largest absolute Gasteiger partial charge is 0.312 e. The highest BCUT2D eigenvalue weighted by Crippen LogP contribution is 2.61.